The third-order valence-corrected chi connectivity index (χ3v) is 2.33. The van der Waals surface area contributed by atoms with E-state index in [0.717, 1.165) is 19.4 Å². The Morgan fingerprint density at radius 2 is 2.15 bits per heavy atom. The highest BCUT2D eigenvalue weighted by Crippen LogP contribution is 2.12. The molecule has 1 atom stereocenters. The summed E-state index contributed by atoms with van der Waals surface area (Å²) in [5, 5.41) is 2.62. The second-order valence-corrected chi connectivity index (χ2v) is 3.46. The number of nitrogens with two attached hydrogens (primary N) is 1. The van der Waals surface area contributed by atoms with Gasteiger partial charge in [-0.1, -0.05) is 13.3 Å². The Morgan fingerprint density at radius 3 is 2.62 bits per heavy atom. The van der Waals surface area contributed by atoms with Crippen LogP contribution in [0.4, 0.5) is 0 Å². The first-order valence-corrected chi connectivity index (χ1v) is 5.15. The van der Waals surface area contributed by atoms with Crippen molar-refractivity contribution in [2.75, 3.05) is 13.6 Å². The zero-order chi connectivity index (χ0) is 10.1. The van der Waals surface area contributed by atoms with Crippen LogP contribution in [0.25, 0.3) is 0 Å². The maximum Gasteiger partial charge on any atom is 0.219 e. The zero-order valence-electron chi connectivity index (χ0n) is 8.81. The maximum atomic E-state index is 10.9. The molecule has 0 saturated carbocycles. The summed E-state index contributed by atoms with van der Waals surface area (Å²) in [6.45, 7) is 2.92. The highest BCUT2D eigenvalue weighted by molar-refractivity contribution is 5.75. The molecule has 0 heterocycles. The molecular weight excluding hydrogens is 164 g/mol. The lowest BCUT2D eigenvalue weighted by Crippen LogP contribution is -2.19. The van der Waals surface area contributed by atoms with Crippen LogP contribution in [-0.2, 0) is 4.79 Å². The molecule has 0 aliphatic heterocycles. The van der Waals surface area contributed by atoms with Gasteiger partial charge in [0.1, 0.15) is 0 Å². The van der Waals surface area contributed by atoms with Crippen molar-refractivity contribution in [3.8, 4) is 0 Å². The number of carbonyl (C=O) groups excluding carboxylic acids is 1. The van der Waals surface area contributed by atoms with Crippen molar-refractivity contribution in [3.05, 3.63) is 0 Å². The van der Waals surface area contributed by atoms with Gasteiger partial charge in [-0.05, 0) is 31.7 Å². The molecule has 0 aliphatic rings. The molecule has 3 heteroatoms. The Kier molecular flexibility index (Phi) is 7.69. The predicted octanol–water partition coefficient (Wildman–Crippen LogP) is 1.28. The van der Waals surface area contributed by atoms with Gasteiger partial charge >= 0.3 is 0 Å². The van der Waals surface area contributed by atoms with E-state index in [1.807, 2.05) is 0 Å². The quantitative estimate of drug-likeness (QED) is 0.629. The van der Waals surface area contributed by atoms with E-state index in [2.05, 4.69) is 12.2 Å². The Bertz CT molecular complexity index is 137. The van der Waals surface area contributed by atoms with Gasteiger partial charge in [0, 0.05) is 13.5 Å². The Labute approximate surface area is 81.1 Å². The molecule has 0 aliphatic carbocycles. The van der Waals surface area contributed by atoms with Crippen LogP contribution >= 0.6 is 0 Å². The fourth-order valence-electron chi connectivity index (χ4n) is 1.46. The summed E-state index contributed by atoms with van der Waals surface area (Å²) in [6, 6.07) is 0. The summed E-state index contributed by atoms with van der Waals surface area (Å²) in [5.74, 6) is 0.738. The van der Waals surface area contributed by atoms with Crippen LogP contribution in [0.5, 0.6) is 0 Å². The lowest BCUT2D eigenvalue weighted by atomic mass is 9.97. The average Bonchev–Trinajstić information content (AvgIpc) is 2.16. The van der Waals surface area contributed by atoms with E-state index < -0.39 is 0 Å². The summed E-state index contributed by atoms with van der Waals surface area (Å²) in [7, 11) is 1.68. The van der Waals surface area contributed by atoms with Crippen molar-refractivity contribution >= 4 is 5.91 Å². The first-order valence-electron chi connectivity index (χ1n) is 5.15. The average molecular weight is 186 g/mol. The smallest absolute Gasteiger partial charge is 0.219 e. The lowest BCUT2D eigenvalue weighted by molar-refractivity contribution is -0.120. The summed E-state index contributed by atoms with van der Waals surface area (Å²) < 4.78 is 0. The number of rotatable bonds is 7. The first kappa shape index (κ1) is 12.4. The minimum Gasteiger partial charge on any atom is -0.359 e. The SMILES string of the molecule is CCCC(CN)CCCC(=O)NC. The van der Waals surface area contributed by atoms with Crippen LogP contribution in [-0.4, -0.2) is 19.5 Å². The maximum absolute atomic E-state index is 10.9. The standard InChI is InChI=1S/C10H22N2O/c1-3-5-9(8-11)6-4-7-10(13)12-2/h9H,3-8,11H2,1-2H3,(H,12,13). The topological polar surface area (TPSA) is 55.1 Å². The normalized spacial score (nSPS) is 12.5. The Morgan fingerprint density at radius 1 is 1.46 bits per heavy atom. The van der Waals surface area contributed by atoms with Gasteiger partial charge in [-0.25, -0.2) is 0 Å². The van der Waals surface area contributed by atoms with Crippen molar-refractivity contribution in [2.45, 2.75) is 39.0 Å². The van der Waals surface area contributed by atoms with E-state index in [-0.39, 0.29) is 5.91 Å². The van der Waals surface area contributed by atoms with Gasteiger partial charge in [-0.3, -0.25) is 4.79 Å². The van der Waals surface area contributed by atoms with Crippen LogP contribution < -0.4 is 11.1 Å². The minimum absolute atomic E-state index is 0.132. The summed E-state index contributed by atoms with van der Waals surface area (Å²) >= 11 is 0. The van der Waals surface area contributed by atoms with E-state index in [1.165, 1.54) is 12.8 Å². The number of carbonyl (C=O) groups is 1. The fraction of sp³-hybridized carbons (Fsp3) is 0.900. The lowest BCUT2D eigenvalue weighted by Gasteiger charge is -2.12. The van der Waals surface area contributed by atoms with E-state index in [4.69, 9.17) is 5.73 Å². The fourth-order valence-corrected chi connectivity index (χ4v) is 1.46. The van der Waals surface area contributed by atoms with Crippen LogP contribution in [0, 0.1) is 5.92 Å². The molecule has 0 saturated heterocycles. The third-order valence-electron chi connectivity index (χ3n) is 2.33. The molecule has 0 aromatic rings. The molecule has 0 fully saturated rings. The molecule has 0 rings (SSSR count). The van der Waals surface area contributed by atoms with Crippen molar-refractivity contribution in [2.24, 2.45) is 11.7 Å². The van der Waals surface area contributed by atoms with Gasteiger partial charge in [0.25, 0.3) is 0 Å². The molecule has 0 spiro atoms. The molecule has 0 aromatic heterocycles. The first-order chi connectivity index (χ1) is 6.24. The molecule has 78 valence electrons. The van der Waals surface area contributed by atoms with E-state index in [1.54, 1.807) is 7.05 Å². The number of hydrogen-bond donors (Lipinski definition) is 2. The van der Waals surface area contributed by atoms with E-state index in [9.17, 15) is 4.79 Å². The summed E-state index contributed by atoms with van der Waals surface area (Å²) in [6.07, 6.45) is 5.04. The van der Waals surface area contributed by atoms with Crippen molar-refractivity contribution in [1.29, 1.82) is 0 Å². The largest absolute Gasteiger partial charge is 0.359 e. The van der Waals surface area contributed by atoms with Gasteiger partial charge in [-0.15, -0.1) is 0 Å². The van der Waals surface area contributed by atoms with Gasteiger partial charge < -0.3 is 11.1 Å². The molecule has 0 radical (unpaired) electrons. The van der Waals surface area contributed by atoms with Crippen LogP contribution in [0.15, 0.2) is 0 Å². The predicted molar refractivity (Wildman–Crippen MR) is 55.4 cm³/mol. The van der Waals surface area contributed by atoms with Gasteiger partial charge in [0.2, 0.25) is 5.91 Å². The molecule has 0 bridgehead atoms. The van der Waals surface area contributed by atoms with Crippen molar-refractivity contribution in [1.82, 2.24) is 5.32 Å². The summed E-state index contributed by atoms with van der Waals surface area (Å²) in [4.78, 5) is 10.9. The molecule has 3 nitrogen and oxygen atoms in total. The third kappa shape index (κ3) is 6.58. The molecule has 13 heavy (non-hydrogen) atoms. The van der Waals surface area contributed by atoms with Crippen LogP contribution in [0.2, 0.25) is 0 Å². The summed E-state index contributed by atoms with van der Waals surface area (Å²) in [5.41, 5.74) is 5.61. The Hall–Kier alpha value is -0.570. The minimum atomic E-state index is 0.132. The second kappa shape index (κ2) is 8.05. The van der Waals surface area contributed by atoms with Crippen LogP contribution in [0.1, 0.15) is 39.0 Å². The highest BCUT2D eigenvalue weighted by atomic mass is 16.1. The van der Waals surface area contributed by atoms with Crippen molar-refractivity contribution in [3.63, 3.8) is 0 Å². The number of hydrogen-bond acceptors (Lipinski definition) is 2. The van der Waals surface area contributed by atoms with Gasteiger partial charge in [0.05, 0.1) is 0 Å². The molecule has 1 unspecified atom stereocenters. The highest BCUT2D eigenvalue weighted by Gasteiger charge is 2.06. The Balaban J connectivity index is 3.42. The monoisotopic (exact) mass is 186 g/mol. The van der Waals surface area contributed by atoms with Gasteiger partial charge in [0.15, 0.2) is 0 Å². The van der Waals surface area contributed by atoms with E-state index >= 15 is 0 Å². The number of amides is 1. The van der Waals surface area contributed by atoms with Crippen molar-refractivity contribution < 1.29 is 4.79 Å². The molecule has 1 amide bonds. The van der Waals surface area contributed by atoms with Gasteiger partial charge in [-0.2, -0.15) is 0 Å². The van der Waals surface area contributed by atoms with E-state index in [0.29, 0.717) is 12.3 Å². The molecular formula is C10H22N2O. The molecule has 3 N–H and O–H groups in total. The molecule has 0 aromatic carbocycles. The zero-order valence-corrected chi connectivity index (χ0v) is 8.81. The second-order valence-electron chi connectivity index (χ2n) is 3.46. The van der Waals surface area contributed by atoms with Crippen LogP contribution in [0.3, 0.4) is 0 Å². The number of nitrogens with one attached hydrogen (secondary N) is 1.